The van der Waals surface area contributed by atoms with E-state index in [0.29, 0.717) is 0 Å². The number of aryl methyl sites for hydroxylation is 2. The van der Waals surface area contributed by atoms with Crippen molar-refractivity contribution in [3.63, 3.8) is 0 Å². The van der Waals surface area contributed by atoms with E-state index in [0.717, 1.165) is 31.1 Å². The van der Waals surface area contributed by atoms with Crippen molar-refractivity contribution >= 4 is 16.5 Å². The average Bonchev–Trinajstić information content (AvgIpc) is 2.86. The molecule has 114 valence electrons. The molecular formula is C17H25N3S. The number of benzene rings is 1. The van der Waals surface area contributed by atoms with Crippen LogP contribution in [0.4, 0.5) is 5.13 Å². The molecule has 0 unspecified atom stereocenters. The normalized spacial score (nSPS) is 10.9. The summed E-state index contributed by atoms with van der Waals surface area (Å²) in [5, 5.41) is 4.36. The molecule has 0 saturated heterocycles. The van der Waals surface area contributed by atoms with E-state index in [1.165, 1.54) is 21.7 Å². The number of nitrogens with zero attached hydrogens (tertiary/aromatic N) is 2. The lowest BCUT2D eigenvalue weighted by atomic mass is 10.1. The summed E-state index contributed by atoms with van der Waals surface area (Å²) in [5.41, 5.74) is 3.88. The Morgan fingerprint density at radius 2 is 1.95 bits per heavy atom. The van der Waals surface area contributed by atoms with Crippen molar-refractivity contribution in [2.24, 2.45) is 0 Å². The first-order chi connectivity index (χ1) is 10.1. The largest absolute Gasteiger partial charge is 0.347 e. The van der Waals surface area contributed by atoms with Gasteiger partial charge in [0.2, 0.25) is 0 Å². The molecular weight excluding hydrogens is 278 g/mol. The van der Waals surface area contributed by atoms with Gasteiger partial charge in [-0.05, 0) is 26.0 Å². The van der Waals surface area contributed by atoms with Gasteiger partial charge in [0.05, 0.1) is 5.69 Å². The van der Waals surface area contributed by atoms with Gasteiger partial charge in [-0.2, -0.15) is 0 Å². The summed E-state index contributed by atoms with van der Waals surface area (Å²) in [6.07, 6.45) is 2.20. The highest BCUT2D eigenvalue weighted by Crippen LogP contribution is 2.27. The summed E-state index contributed by atoms with van der Waals surface area (Å²) in [5.74, 6) is 0. The molecule has 0 atom stereocenters. The van der Waals surface area contributed by atoms with Gasteiger partial charge in [0.1, 0.15) is 0 Å². The van der Waals surface area contributed by atoms with Crippen molar-refractivity contribution in [1.82, 2.24) is 10.3 Å². The van der Waals surface area contributed by atoms with E-state index in [1.807, 2.05) is 7.05 Å². The number of nitrogens with one attached hydrogen (secondary N) is 1. The Labute approximate surface area is 132 Å². The van der Waals surface area contributed by atoms with Crippen LogP contribution in [0.2, 0.25) is 0 Å². The lowest BCUT2D eigenvalue weighted by Crippen LogP contribution is -2.16. The van der Waals surface area contributed by atoms with Gasteiger partial charge in [-0.1, -0.05) is 43.2 Å². The zero-order valence-electron chi connectivity index (χ0n) is 13.4. The van der Waals surface area contributed by atoms with Gasteiger partial charge in [-0.3, -0.25) is 0 Å². The summed E-state index contributed by atoms with van der Waals surface area (Å²) in [7, 11) is 4.11. The van der Waals surface area contributed by atoms with E-state index in [4.69, 9.17) is 4.98 Å². The fraction of sp³-hybridized carbons (Fsp3) is 0.471. The van der Waals surface area contributed by atoms with Gasteiger partial charge in [0.25, 0.3) is 0 Å². The minimum absolute atomic E-state index is 0.901. The number of hydrogen-bond acceptors (Lipinski definition) is 4. The SMILES string of the molecule is CCCc1nc(N(C)Cc2ccc(C)cc2)sc1CNC. The average molecular weight is 303 g/mol. The zero-order valence-corrected chi connectivity index (χ0v) is 14.3. The molecule has 1 aromatic heterocycles. The molecule has 1 heterocycles. The van der Waals surface area contributed by atoms with Gasteiger partial charge >= 0.3 is 0 Å². The topological polar surface area (TPSA) is 28.2 Å². The third-order valence-corrected chi connectivity index (χ3v) is 4.67. The van der Waals surface area contributed by atoms with Crippen molar-refractivity contribution in [2.75, 3.05) is 19.0 Å². The Morgan fingerprint density at radius 1 is 1.24 bits per heavy atom. The Morgan fingerprint density at radius 3 is 2.57 bits per heavy atom. The molecule has 0 aliphatic carbocycles. The molecule has 21 heavy (non-hydrogen) atoms. The molecule has 2 aromatic rings. The van der Waals surface area contributed by atoms with E-state index in [2.05, 4.69) is 55.4 Å². The number of aromatic nitrogens is 1. The van der Waals surface area contributed by atoms with Crippen LogP contribution < -0.4 is 10.2 Å². The molecule has 0 bridgehead atoms. The molecule has 0 aliphatic rings. The first-order valence-corrected chi connectivity index (χ1v) is 8.35. The van der Waals surface area contributed by atoms with Crippen molar-refractivity contribution in [3.8, 4) is 0 Å². The third kappa shape index (κ3) is 4.29. The summed E-state index contributed by atoms with van der Waals surface area (Å²) >= 11 is 1.81. The third-order valence-electron chi connectivity index (χ3n) is 3.46. The second-order valence-corrected chi connectivity index (χ2v) is 6.55. The molecule has 0 aliphatic heterocycles. The second kappa shape index (κ2) is 7.57. The fourth-order valence-electron chi connectivity index (χ4n) is 2.30. The number of hydrogen-bond donors (Lipinski definition) is 1. The summed E-state index contributed by atoms with van der Waals surface area (Å²) in [4.78, 5) is 8.45. The smallest absolute Gasteiger partial charge is 0.185 e. The maximum absolute atomic E-state index is 4.84. The van der Waals surface area contributed by atoms with E-state index in [-0.39, 0.29) is 0 Å². The predicted molar refractivity (Wildman–Crippen MR) is 92.2 cm³/mol. The van der Waals surface area contributed by atoms with Crippen LogP contribution in [0.1, 0.15) is 35.0 Å². The Balaban J connectivity index is 2.12. The van der Waals surface area contributed by atoms with E-state index >= 15 is 0 Å². The highest BCUT2D eigenvalue weighted by atomic mass is 32.1. The zero-order chi connectivity index (χ0) is 15.2. The monoisotopic (exact) mass is 303 g/mol. The number of anilines is 1. The minimum atomic E-state index is 0.901. The molecule has 0 saturated carbocycles. The van der Waals surface area contributed by atoms with Crippen molar-refractivity contribution in [2.45, 2.75) is 39.8 Å². The molecule has 0 radical (unpaired) electrons. The van der Waals surface area contributed by atoms with Gasteiger partial charge in [0.15, 0.2) is 5.13 Å². The van der Waals surface area contributed by atoms with Crippen LogP contribution in [0, 0.1) is 6.92 Å². The molecule has 1 aromatic carbocycles. The highest BCUT2D eigenvalue weighted by molar-refractivity contribution is 7.15. The maximum atomic E-state index is 4.84. The van der Waals surface area contributed by atoms with Crippen molar-refractivity contribution in [1.29, 1.82) is 0 Å². The van der Waals surface area contributed by atoms with Crippen LogP contribution >= 0.6 is 11.3 Å². The van der Waals surface area contributed by atoms with Gasteiger partial charge in [-0.25, -0.2) is 4.98 Å². The highest BCUT2D eigenvalue weighted by Gasteiger charge is 2.13. The summed E-state index contributed by atoms with van der Waals surface area (Å²) < 4.78 is 0. The van der Waals surface area contributed by atoms with E-state index in [1.54, 1.807) is 11.3 Å². The molecule has 1 N–H and O–H groups in total. The van der Waals surface area contributed by atoms with Crippen LogP contribution in [0.15, 0.2) is 24.3 Å². The maximum Gasteiger partial charge on any atom is 0.185 e. The quantitative estimate of drug-likeness (QED) is 0.844. The fourth-order valence-corrected chi connectivity index (χ4v) is 3.38. The van der Waals surface area contributed by atoms with Gasteiger partial charge < -0.3 is 10.2 Å². The van der Waals surface area contributed by atoms with Gasteiger partial charge in [-0.15, -0.1) is 11.3 Å². The Hall–Kier alpha value is -1.39. The summed E-state index contributed by atoms with van der Waals surface area (Å²) in [6.45, 7) is 6.14. The van der Waals surface area contributed by atoms with Crippen molar-refractivity contribution in [3.05, 3.63) is 46.0 Å². The Kier molecular flexibility index (Phi) is 5.76. The molecule has 2 rings (SSSR count). The second-order valence-electron chi connectivity index (χ2n) is 5.49. The van der Waals surface area contributed by atoms with Crippen LogP contribution in [0.5, 0.6) is 0 Å². The minimum Gasteiger partial charge on any atom is -0.347 e. The molecule has 0 fully saturated rings. The predicted octanol–water partition coefficient (Wildman–Crippen LogP) is 3.76. The molecule has 0 amide bonds. The summed E-state index contributed by atoms with van der Waals surface area (Å²) in [6, 6.07) is 8.72. The standard InChI is InChI=1S/C17H25N3S/c1-5-6-15-16(11-18-3)21-17(19-15)20(4)12-14-9-7-13(2)8-10-14/h7-10,18H,5-6,11-12H2,1-4H3. The van der Waals surface area contributed by atoms with Gasteiger partial charge in [0, 0.05) is 25.0 Å². The van der Waals surface area contributed by atoms with Crippen LogP contribution in [0.3, 0.4) is 0 Å². The lowest BCUT2D eigenvalue weighted by Gasteiger charge is -2.15. The van der Waals surface area contributed by atoms with Crippen LogP contribution in [-0.2, 0) is 19.5 Å². The van der Waals surface area contributed by atoms with Crippen LogP contribution in [-0.4, -0.2) is 19.1 Å². The lowest BCUT2D eigenvalue weighted by molar-refractivity contribution is 0.796. The number of thiazole rings is 1. The number of rotatable bonds is 7. The molecule has 0 spiro atoms. The van der Waals surface area contributed by atoms with E-state index < -0.39 is 0 Å². The molecule has 3 nitrogen and oxygen atoms in total. The van der Waals surface area contributed by atoms with Crippen molar-refractivity contribution < 1.29 is 0 Å². The van der Waals surface area contributed by atoms with E-state index in [9.17, 15) is 0 Å². The Bertz CT molecular complexity index is 536. The first kappa shape index (κ1) is 16.0. The first-order valence-electron chi connectivity index (χ1n) is 7.54. The molecule has 4 heteroatoms. The van der Waals surface area contributed by atoms with Crippen LogP contribution in [0.25, 0.3) is 0 Å².